The van der Waals surface area contributed by atoms with E-state index in [0.29, 0.717) is 33.7 Å². The van der Waals surface area contributed by atoms with E-state index in [2.05, 4.69) is 15.3 Å². The molecule has 4 aromatic rings. The lowest BCUT2D eigenvalue weighted by Gasteiger charge is -2.19. The van der Waals surface area contributed by atoms with Gasteiger partial charge in [0.05, 0.1) is 24.2 Å². The van der Waals surface area contributed by atoms with E-state index < -0.39 is 5.97 Å². The molecule has 1 atom stereocenters. The van der Waals surface area contributed by atoms with Gasteiger partial charge in [0, 0.05) is 47.9 Å². The molecule has 8 heteroatoms. The number of aromatic nitrogens is 1. The van der Waals surface area contributed by atoms with Crippen molar-refractivity contribution in [3.8, 4) is 11.3 Å². The lowest BCUT2D eigenvalue weighted by atomic mass is 10.00. The summed E-state index contributed by atoms with van der Waals surface area (Å²) in [5.74, 6) is -0.125. The summed E-state index contributed by atoms with van der Waals surface area (Å²) in [6.07, 6.45) is 3.19. The highest BCUT2D eigenvalue weighted by molar-refractivity contribution is 5.93. The van der Waals surface area contributed by atoms with Crippen molar-refractivity contribution in [2.45, 2.75) is 19.9 Å². The van der Waals surface area contributed by atoms with Gasteiger partial charge in [-0.15, -0.1) is 0 Å². The van der Waals surface area contributed by atoms with Crippen LogP contribution >= 0.6 is 0 Å². The van der Waals surface area contributed by atoms with Crippen LogP contribution in [0.4, 0.5) is 11.4 Å². The predicted molar refractivity (Wildman–Crippen MR) is 138 cm³/mol. The Bertz CT molecular complexity index is 1510. The van der Waals surface area contributed by atoms with Crippen molar-refractivity contribution < 1.29 is 13.9 Å². The van der Waals surface area contributed by atoms with Gasteiger partial charge in [-0.05, 0) is 55.8 Å². The van der Waals surface area contributed by atoms with Crippen LogP contribution in [0.2, 0.25) is 0 Å². The van der Waals surface area contributed by atoms with Gasteiger partial charge in [-0.25, -0.2) is 9.78 Å². The van der Waals surface area contributed by atoms with E-state index in [1.165, 1.54) is 19.4 Å². The van der Waals surface area contributed by atoms with Gasteiger partial charge in [0.1, 0.15) is 11.3 Å². The number of nitrogens with two attached hydrogens (primary N) is 1. The van der Waals surface area contributed by atoms with E-state index in [0.717, 1.165) is 16.7 Å². The molecule has 2 aromatic heterocycles. The summed E-state index contributed by atoms with van der Waals surface area (Å²) in [5.41, 5.74) is 10.7. The van der Waals surface area contributed by atoms with Crippen molar-refractivity contribution in [3.63, 3.8) is 0 Å². The predicted octanol–water partition coefficient (Wildman–Crippen LogP) is 4.75. The number of esters is 1. The Morgan fingerprint density at radius 1 is 1.23 bits per heavy atom. The number of nitrogens with zero attached hydrogens (tertiary/aromatic N) is 2. The standard InChI is InChI=1S/C27H26N4O4/c1-15-10-19(16(2)31-22-6-5-9-30-25(22)27(33)34-4)26-20(11-15)23(32)13-24(35-26)17-7-8-21(28)18(12-17)14-29-3/h5-14,16,31H,28H2,1-4H3. The van der Waals surface area contributed by atoms with Gasteiger partial charge in [-0.1, -0.05) is 6.07 Å². The summed E-state index contributed by atoms with van der Waals surface area (Å²) in [6.45, 7) is 3.84. The van der Waals surface area contributed by atoms with Crippen molar-refractivity contribution in [1.82, 2.24) is 4.98 Å². The Hall–Kier alpha value is -4.46. The van der Waals surface area contributed by atoms with Crippen LogP contribution in [0.5, 0.6) is 0 Å². The van der Waals surface area contributed by atoms with Crippen LogP contribution in [0.1, 0.15) is 40.1 Å². The molecule has 35 heavy (non-hydrogen) atoms. The molecule has 0 bridgehead atoms. The summed E-state index contributed by atoms with van der Waals surface area (Å²) in [4.78, 5) is 33.5. The first-order valence-corrected chi connectivity index (χ1v) is 11.0. The van der Waals surface area contributed by atoms with E-state index in [4.69, 9.17) is 14.9 Å². The van der Waals surface area contributed by atoms with Gasteiger partial charge in [0.15, 0.2) is 11.1 Å². The summed E-state index contributed by atoms with van der Waals surface area (Å²) in [5, 5.41) is 3.79. The summed E-state index contributed by atoms with van der Waals surface area (Å²) in [6, 6.07) is 13.8. The molecule has 2 heterocycles. The van der Waals surface area contributed by atoms with Crippen molar-refractivity contribution >= 4 is 34.5 Å². The van der Waals surface area contributed by atoms with E-state index in [9.17, 15) is 9.59 Å². The zero-order valence-electron chi connectivity index (χ0n) is 20.0. The maximum absolute atomic E-state index is 13.1. The van der Waals surface area contributed by atoms with Gasteiger partial charge >= 0.3 is 5.97 Å². The number of aliphatic imine (C=N–C) groups is 1. The highest BCUT2D eigenvalue weighted by atomic mass is 16.5. The Morgan fingerprint density at radius 2 is 2.03 bits per heavy atom. The van der Waals surface area contributed by atoms with E-state index in [1.54, 1.807) is 37.5 Å². The van der Waals surface area contributed by atoms with Crippen LogP contribution in [0, 0.1) is 6.92 Å². The molecule has 0 saturated heterocycles. The molecular formula is C27H26N4O4. The smallest absolute Gasteiger partial charge is 0.358 e. The zero-order valence-corrected chi connectivity index (χ0v) is 20.0. The molecule has 0 aliphatic carbocycles. The van der Waals surface area contributed by atoms with Crippen LogP contribution in [0.15, 0.2) is 68.9 Å². The van der Waals surface area contributed by atoms with Crippen molar-refractivity contribution in [2.75, 3.05) is 25.2 Å². The number of hydrogen-bond donors (Lipinski definition) is 2. The molecule has 3 N–H and O–H groups in total. The molecule has 8 nitrogen and oxygen atoms in total. The number of anilines is 2. The van der Waals surface area contributed by atoms with Gasteiger partial charge in [-0.2, -0.15) is 0 Å². The Morgan fingerprint density at radius 3 is 2.77 bits per heavy atom. The normalized spacial score (nSPS) is 12.1. The molecule has 1 unspecified atom stereocenters. The molecule has 0 saturated carbocycles. The molecule has 4 rings (SSSR count). The Labute approximate surface area is 202 Å². The van der Waals surface area contributed by atoms with Gasteiger partial charge in [0.2, 0.25) is 0 Å². The van der Waals surface area contributed by atoms with Crippen molar-refractivity contribution in [1.29, 1.82) is 0 Å². The number of benzene rings is 2. The summed E-state index contributed by atoms with van der Waals surface area (Å²) < 4.78 is 11.2. The molecular weight excluding hydrogens is 444 g/mol. The molecule has 0 fully saturated rings. The maximum Gasteiger partial charge on any atom is 0.358 e. The molecule has 0 amide bonds. The highest BCUT2D eigenvalue weighted by Gasteiger charge is 2.19. The topological polar surface area (TPSA) is 120 Å². The molecule has 2 aromatic carbocycles. The third-order valence-corrected chi connectivity index (χ3v) is 5.67. The van der Waals surface area contributed by atoms with Gasteiger partial charge < -0.3 is 20.2 Å². The molecule has 0 aliphatic heterocycles. The number of ether oxygens (including phenoxy) is 1. The van der Waals surface area contributed by atoms with Crippen molar-refractivity contribution in [2.24, 2.45) is 4.99 Å². The number of nitrogens with one attached hydrogen (secondary N) is 1. The quantitative estimate of drug-likeness (QED) is 0.237. The van der Waals surface area contributed by atoms with Crippen molar-refractivity contribution in [3.05, 3.63) is 87.3 Å². The summed E-state index contributed by atoms with van der Waals surface area (Å²) in [7, 11) is 2.97. The molecule has 178 valence electrons. The van der Waals surface area contributed by atoms with E-state index in [1.807, 2.05) is 32.0 Å². The van der Waals surface area contributed by atoms with Gasteiger partial charge in [0.25, 0.3) is 0 Å². The average molecular weight is 471 g/mol. The fourth-order valence-corrected chi connectivity index (χ4v) is 3.97. The van der Waals surface area contributed by atoms with Crippen LogP contribution in [-0.2, 0) is 4.74 Å². The SMILES string of the molecule is CN=Cc1cc(-c2cc(=O)c3cc(C)cc(C(C)Nc4cccnc4C(=O)OC)c3o2)ccc1N. The first kappa shape index (κ1) is 23.7. The fourth-order valence-electron chi connectivity index (χ4n) is 3.97. The maximum atomic E-state index is 13.1. The minimum atomic E-state index is -0.544. The lowest BCUT2D eigenvalue weighted by molar-refractivity contribution is 0.0595. The fraction of sp³-hybridized carbons (Fsp3) is 0.185. The van der Waals surface area contributed by atoms with Crippen LogP contribution in [0.3, 0.4) is 0 Å². The number of fused-ring (bicyclic) bond motifs is 1. The Balaban J connectivity index is 1.84. The monoisotopic (exact) mass is 470 g/mol. The second-order valence-corrected chi connectivity index (χ2v) is 8.19. The van der Waals surface area contributed by atoms with Crippen LogP contribution in [-0.4, -0.2) is 31.3 Å². The third-order valence-electron chi connectivity index (χ3n) is 5.67. The number of aryl methyl sites for hydroxylation is 1. The largest absolute Gasteiger partial charge is 0.464 e. The first-order valence-electron chi connectivity index (χ1n) is 11.0. The van der Waals surface area contributed by atoms with Crippen LogP contribution < -0.4 is 16.5 Å². The Kier molecular flexibility index (Phi) is 6.64. The number of pyridine rings is 1. The van der Waals surface area contributed by atoms with E-state index in [-0.39, 0.29) is 17.2 Å². The molecule has 0 aliphatic rings. The lowest BCUT2D eigenvalue weighted by Crippen LogP contribution is -2.14. The van der Waals surface area contributed by atoms with Crippen LogP contribution in [0.25, 0.3) is 22.3 Å². The highest BCUT2D eigenvalue weighted by Crippen LogP contribution is 2.31. The van der Waals surface area contributed by atoms with E-state index >= 15 is 0 Å². The first-order chi connectivity index (χ1) is 16.8. The second kappa shape index (κ2) is 9.80. The zero-order chi connectivity index (χ0) is 25.1. The minimum Gasteiger partial charge on any atom is -0.464 e. The number of rotatable bonds is 6. The average Bonchev–Trinajstić information content (AvgIpc) is 2.85. The summed E-state index contributed by atoms with van der Waals surface area (Å²) >= 11 is 0. The number of hydrogen-bond acceptors (Lipinski definition) is 8. The molecule has 0 spiro atoms. The van der Waals surface area contributed by atoms with Gasteiger partial charge in [-0.3, -0.25) is 9.79 Å². The number of nitrogen functional groups attached to an aromatic ring is 1. The second-order valence-electron chi connectivity index (χ2n) is 8.19. The minimum absolute atomic E-state index is 0.155. The number of carbonyl (C=O) groups is 1. The number of methoxy groups -OCH3 is 1. The number of carbonyl (C=O) groups excluding carboxylic acids is 1. The third kappa shape index (κ3) is 4.77. The molecule has 0 radical (unpaired) electrons.